The smallest absolute Gasteiger partial charge is 0.226 e. The Bertz CT molecular complexity index is 633. The first-order chi connectivity index (χ1) is 13.2. The topological polar surface area (TPSA) is 41.6 Å². The maximum Gasteiger partial charge on any atom is 0.226 e. The largest absolute Gasteiger partial charge is 0.379 e. The van der Waals surface area contributed by atoms with Gasteiger partial charge in [-0.1, -0.05) is 30.3 Å². The van der Waals surface area contributed by atoms with Crippen LogP contribution >= 0.6 is 0 Å². The van der Waals surface area contributed by atoms with Gasteiger partial charge in [0.1, 0.15) is 0 Å². The molecule has 1 N–H and O–H groups in total. The van der Waals surface area contributed by atoms with Crippen molar-refractivity contribution < 1.29 is 9.53 Å². The van der Waals surface area contributed by atoms with Crippen molar-refractivity contribution in [1.82, 2.24) is 10.2 Å². The minimum absolute atomic E-state index is 0.0546. The summed E-state index contributed by atoms with van der Waals surface area (Å²) >= 11 is 0. The molecule has 4 saturated carbocycles. The average Bonchev–Trinajstić information content (AvgIpc) is 2.69. The highest BCUT2D eigenvalue weighted by Gasteiger charge is 2.54. The van der Waals surface area contributed by atoms with Crippen LogP contribution in [0.15, 0.2) is 30.3 Å². The van der Waals surface area contributed by atoms with Gasteiger partial charge in [-0.25, -0.2) is 0 Å². The molecule has 1 amide bonds. The summed E-state index contributed by atoms with van der Waals surface area (Å²) in [6, 6.07) is 10.9. The van der Waals surface area contributed by atoms with Crippen molar-refractivity contribution in [2.24, 2.45) is 23.2 Å². The molecular weight excluding hydrogens is 336 g/mol. The van der Waals surface area contributed by atoms with Crippen molar-refractivity contribution in [3.05, 3.63) is 35.9 Å². The Hall–Kier alpha value is -1.39. The molecule has 27 heavy (non-hydrogen) atoms. The van der Waals surface area contributed by atoms with Gasteiger partial charge in [0.05, 0.1) is 19.3 Å². The maximum atomic E-state index is 13.4. The Morgan fingerprint density at radius 3 is 2.22 bits per heavy atom. The molecule has 4 bridgehead atoms. The third kappa shape index (κ3) is 3.42. The van der Waals surface area contributed by atoms with E-state index in [-0.39, 0.29) is 11.5 Å². The Morgan fingerprint density at radius 1 is 1.04 bits per heavy atom. The van der Waals surface area contributed by atoms with Crippen molar-refractivity contribution in [2.45, 2.75) is 44.6 Å². The van der Waals surface area contributed by atoms with E-state index in [2.05, 4.69) is 40.5 Å². The van der Waals surface area contributed by atoms with E-state index in [9.17, 15) is 4.79 Å². The first kappa shape index (κ1) is 17.7. The summed E-state index contributed by atoms with van der Waals surface area (Å²) in [5, 5.41) is 3.41. The van der Waals surface area contributed by atoms with Gasteiger partial charge < -0.3 is 10.1 Å². The third-order valence-corrected chi connectivity index (χ3v) is 7.65. The summed E-state index contributed by atoms with van der Waals surface area (Å²) < 4.78 is 5.55. The second-order valence-corrected chi connectivity index (χ2v) is 9.48. The van der Waals surface area contributed by atoms with Crippen LogP contribution in [0.3, 0.4) is 0 Å². The van der Waals surface area contributed by atoms with Crippen LogP contribution in [-0.4, -0.2) is 43.7 Å². The normalized spacial score (nSPS) is 36.5. The molecule has 1 atom stereocenters. The van der Waals surface area contributed by atoms with E-state index in [1.54, 1.807) is 0 Å². The van der Waals surface area contributed by atoms with E-state index in [1.165, 1.54) is 24.8 Å². The minimum Gasteiger partial charge on any atom is -0.379 e. The van der Waals surface area contributed by atoms with E-state index in [0.717, 1.165) is 63.3 Å². The van der Waals surface area contributed by atoms with Gasteiger partial charge in [0.15, 0.2) is 0 Å². The molecule has 5 aliphatic rings. The maximum absolute atomic E-state index is 13.4. The van der Waals surface area contributed by atoms with Crippen LogP contribution in [0.1, 0.15) is 50.1 Å². The van der Waals surface area contributed by atoms with E-state index in [4.69, 9.17) is 4.74 Å². The Balaban J connectivity index is 1.29. The van der Waals surface area contributed by atoms with Crippen LogP contribution in [-0.2, 0) is 9.53 Å². The van der Waals surface area contributed by atoms with Gasteiger partial charge in [-0.3, -0.25) is 9.69 Å². The lowest BCUT2D eigenvalue weighted by atomic mass is 9.49. The first-order valence-electron chi connectivity index (χ1n) is 10.9. The number of nitrogens with zero attached hydrogens (tertiary/aromatic N) is 1. The quantitative estimate of drug-likeness (QED) is 0.866. The Morgan fingerprint density at radius 2 is 1.63 bits per heavy atom. The molecule has 0 radical (unpaired) electrons. The first-order valence-corrected chi connectivity index (χ1v) is 10.9. The molecule has 146 valence electrons. The number of carbonyl (C=O) groups is 1. The number of ether oxygens (including phenoxy) is 1. The van der Waals surface area contributed by atoms with Crippen LogP contribution in [0, 0.1) is 23.2 Å². The molecule has 1 aromatic carbocycles. The highest BCUT2D eigenvalue weighted by Crippen LogP contribution is 2.60. The van der Waals surface area contributed by atoms with E-state index >= 15 is 0 Å². The number of benzene rings is 1. The number of rotatable bonds is 5. The number of amides is 1. The predicted octanol–water partition coefficient (Wildman–Crippen LogP) is 3.39. The molecular formula is C23H32N2O2. The predicted molar refractivity (Wildman–Crippen MR) is 105 cm³/mol. The molecule has 0 aromatic heterocycles. The lowest BCUT2D eigenvalue weighted by Gasteiger charge is -2.55. The molecule has 1 aromatic rings. The summed E-state index contributed by atoms with van der Waals surface area (Å²) in [5.74, 6) is 2.78. The van der Waals surface area contributed by atoms with Gasteiger partial charge in [0, 0.05) is 25.0 Å². The zero-order valence-electron chi connectivity index (χ0n) is 16.2. The van der Waals surface area contributed by atoms with Crippen molar-refractivity contribution in [1.29, 1.82) is 0 Å². The molecule has 4 heteroatoms. The van der Waals surface area contributed by atoms with E-state index in [0.29, 0.717) is 12.5 Å². The molecule has 0 spiro atoms. The zero-order chi connectivity index (χ0) is 18.3. The standard InChI is InChI=1S/C23H32N2O2/c26-22(23-13-17-10-18(14-23)12-19(11-17)15-23)24-16-21(20-4-2-1-3-5-20)25-6-8-27-9-7-25/h1-5,17-19,21H,6-16H2,(H,24,26). The second-order valence-electron chi connectivity index (χ2n) is 9.48. The van der Waals surface area contributed by atoms with E-state index in [1.807, 2.05) is 0 Å². The van der Waals surface area contributed by atoms with Crippen LogP contribution in [0.5, 0.6) is 0 Å². The number of morpholine rings is 1. The highest BCUT2D eigenvalue weighted by molar-refractivity contribution is 5.83. The summed E-state index contributed by atoms with van der Waals surface area (Å²) in [6.07, 6.45) is 7.56. The average molecular weight is 369 g/mol. The summed E-state index contributed by atoms with van der Waals surface area (Å²) in [5.41, 5.74) is 1.24. The summed E-state index contributed by atoms with van der Waals surface area (Å²) in [7, 11) is 0. The van der Waals surface area contributed by atoms with Crippen molar-refractivity contribution in [2.75, 3.05) is 32.8 Å². The third-order valence-electron chi connectivity index (χ3n) is 7.65. The van der Waals surface area contributed by atoms with Gasteiger partial charge in [0.2, 0.25) is 5.91 Å². The fourth-order valence-corrected chi connectivity index (χ4v) is 6.79. The van der Waals surface area contributed by atoms with Crippen LogP contribution in [0.25, 0.3) is 0 Å². The summed E-state index contributed by atoms with van der Waals surface area (Å²) in [6.45, 7) is 4.16. The van der Waals surface area contributed by atoms with Gasteiger partial charge in [-0.2, -0.15) is 0 Å². The molecule has 4 nitrogen and oxygen atoms in total. The molecule has 1 unspecified atom stereocenters. The lowest BCUT2D eigenvalue weighted by molar-refractivity contribution is -0.146. The fourth-order valence-electron chi connectivity index (χ4n) is 6.79. The van der Waals surface area contributed by atoms with Crippen LogP contribution < -0.4 is 5.32 Å². The van der Waals surface area contributed by atoms with Gasteiger partial charge in [0.25, 0.3) is 0 Å². The molecule has 1 heterocycles. The lowest BCUT2D eigenvalue weighted by Crippen LogP contribution is -2.54. The number of carbonyl (C=O) groups excluding carboxylic acids is 1. The van der Waals surface area contributed by atoms with Gasteiger partial charge in [-0.05, 0) is 61.8 Å². The van der Waals surface area contributed by atoms with Gasteiger partial charge in [-0.15, -0.1) is 0 Å². The molecule has 1 saturated heterocycles. The molecule has 5 fully saturated rings. The van der Waals surface area contributed by atoms with Crippen LogP contribution in [0.2, 0.25) is 0 Å². The fraction of sp³-hybridized carbons (Fsp3) is 0.696. The number of hydrogen-bond donors (Lipinski definition) is 1. The number of nitrogens with one attached hydrogen (secondary N) is 1. The highest BCUT2D eigenvalue weighted by atomic mass is 16.5. The summed E-state index contributed by atoms with van der Waals surface area (Å²) in [4.78, 5) is 15.8. The van der Waals surface area contributed by atoms with Crippen molar-refractivity contribution in [3.8, 4) is 0 Å². The Kier molecular flexibility index (Phi) is 4.73. The number of hydrogen-bond acceptors (Lipinski definition) is 3. The zero-order valence-corrected chi connectivity index (χ0v) is 16.2. The van der Waals surface area contributed by atoms with Crippen molar-refractivity contribution >= 4 is 5.91 Å². The van der Waals surface area contributed by atoms with Gasteiger partial charge >= 0.3 is 0 Å². The minimum atomic E-state index is -0.0546. The SMILES string of the molecule is O=C(NCC(c1ccccc1)N1CCOCC1)C12CC3CC(CC(C3)C1)C2. The second kappa shape index (κ2) is 7.21. The monoisotopic (exact) mass is 368 g/mol. The van der Waals surface area contributed by atoms with Crippen LogP contribution in [0.4, 0.5) is 0 Å². The molecule has 1 aliphatic heterocycles. The molecule has 6 rings (SSSR count). The van der Waals surface area contributed by atoms with Crippen molar-refractivity contribution in [3.63, 3.8) is 0 Å². The molecule has 4 aliphatic carbocycles. The van der Waals surface area contributed by atoms with E-state index < -0.39 is 0 Å². The Labute approximate surface area is 162 Å².